The van der Waals surface area contributed by atoms with Gasteiger partial charge in [0.1, 0.15) is 17.5 Å². The number of esters is 1. The summed E-state index contributed by atoms with van der Waals surface area (Å²) in [5.41, 5.74) is 3.35. The van der Waals surface area contributed by atoms with E-state index < -0.39 is 57.4 Å². The second kappa shape index (κ2) is 8.94. The molecule has 1 saturated heterocycles. The van der Waals surface area contributed by atoms with E-state index in [4.69, 9.17) is 22.1 Å². The van der Waals surface area contributed by atoms with Gasteiger partial charge < -0.3 is 20.5 Å². The van der Waals surface area contributed by atoms with Crippen LogP contribution in [0.25, 0.3) is 16.7 Å². The lowest BCUT2D eigenvalue weighted by Gasteiger charge is -2.25. The van der Waals surface area contributed by atoms with Gasteiger partial charge in [0.2, 0.25) is 5.43 Å². The highest BCUT2D eigenvalue weighted by molar-refractivity contribution is 6.38. The number of carboxylic acid groups (broad SMARTS) is 1. The van der Waals surface area contributed by atoms with E-state index in [0.717, 1.165) is 23.3 Å². The average Bonchev–Trinajstić information content (AvgIpc) is 3.38. The summed E-state index contributed by atoms with van der Waals surface area (Å²) in [5.74, 6) is -6.58. The summed E-state index contributed by atoms with van der Waals surface area (Å²) in [6, 6.07) is 1.29. The van der Waals surface area contributed by atoms with Gasteiger partial charge >= 0.3 is 11.9 Å². The molecule has 0 spiro atoms. The zero-order valence-corrected chi connectivity index (χ0v) is 20.1. The topological polar surface area (TPSA) is 128 Å². The van der Waals surface area contributed by atoms with Crippen molar-refractivity contribution < 1.29 is 32.6 Å². The maximum Gasteiger partial charge on any atom is 0.341 e. The predicted molar refractivity (Wildman–Crippen MR) is 128 cm³/mol. The van der Waals surface area contributed by atoms with Gasteiger partial charge in [-0.2, -0.15) is 0 Å². The average molecular weight is 537 g/mol. The number of anilines is 2. The van der Waals surface area contributed by atoms with Gasteiger partial charge in [-0.25, -0.2) is 22.9 Å². The highest BCUT2D eigenvalue weighted by Crippen LogP contribution is 2.45. The Kier molecular flexibility index (Phi) is 6.01. The summed E-state index contributed by atoms with van der Waals surface area (Å²) >= 11 is 6.66. The van der Waals surface area contributed by atoms with Gasteiger partial charge in [-0.05, 0) is 24.8 Å². The first-order chi connectivity index (χ1) is 17.5. The smallest absolute Gasteiger partial charge is 0.341 e. The van der Waals surface area contributed by atoms with Crippen LogP contribution in [0.3, 0.4) is 0 Å². The molecule has 1 aliphatic heterocycles. The van der Waals surface area contributed by atoms with Gasteiger partial charge in [-0.3, -0.25) is 14.2 Å². The van der Waals surface area contributed by atoms with Gasteiger partial charge in [-0.15, -0.1) is 0 Å². The summed E-state index contributed by atoms with van der Waals surface area (Å²) in [6.45, 7) is 2.01. The molecule has 0 amide bonds. The van der Waals surface area contributed by atoms with Crippen molar-refractivity contribution in [3.8, 4) is 5.82 Å². The minimum absolute atomic E-state index is 0.0670. The summed E-state index contributed by atoms with van der Waals surface area (Å²) in [7, 11) is 0. The first-order valence-corrected chi connectivity index (χ1v) is 11.7. The van der Waals surface area contributed by atoms with Crippen LogP contribution >= 0.6 is 11.6 Å². The number of carbonyl (C=O) groups is 2. The lowest BCUT2D eigenvalue weighted by molar-refractivity contribution is -0.147. The van der Waals surface area contributed by atoms with Crippen LogP contribution in [-0.2, 0) is 9.53 Å². The summed E-state index contributed by atoms with van der Waals surface area (Å²) < 4.78 is 50.4. The Balaban J connectivity index is 1.72. The molecule has 194 valence electrons. The Hall–Kier alpha value is -3.80. The number of hydrogen-bond donors (Lipinski definition) is 2. The Labute approximate surface area is 212 Å². The Morgan fingerprint density at radius 3 is 2.57 bits per heavy atom. The van der Waals surface area contributed by atoms with Gasteiger partial charge in [0.05, 0.1) is 21.6 Å². The van der Waals surface area contributed by atoms with Crippen LogP contribution in [0.4, 0.5) is 24.7 Å². The van der Waals surface area contributed by atoms with E-state index in [9.17, 15) is 28.3 Å². The molecule has 3 heterocycles. The summed E-state index contributed by atoms with van der Waals surface area (Å²) in [6.07, 6.45) is 1.90. The van der Waals surface area contributed by atoms with Crippen LogP contribution in [0, 0.1) is 29.3 Å². The van der Waals surface area contributed by atoms with Crippen molar-refractivity contribution in [2.24, 2.45) is 11.8 Å². The van der Waals surface area contributed by atoms with E-state index in [1.807, 2.05) is 0 Å². The monoisotopic (exact) mass is 536 g/mol. The number of halogens is 4. The summed E-state index contributed by atoms with van der Waals surface area (Å²) in [4.78, 5) is 41.5. The zero-order chi connectivity index (χ0) is 26.8. The molecule has 3 atom stereocenters. The SMILES string of the molecule is CC(=O)O[C@@H]1CC[C@H]2CN(c3c(F)cc4c(=O)c(C(=O)O)cn(-c5nc(N)c(F)cc5F)c4c3Cl)C[C@H]21. The van der Waals surface area contributed by atoms with Crippen LogP contribution in [-0.4, -0.2) is 45.8 Å². The molecule has 37 heavy (non-hydrogen) atoms. The number of ether oxygens (including phenoxy) is 1. The summed E-state index contributed by atoms with van der Waals surface area (Å²) in [5, 5.41) is 8.79. The normalized spacial score (nSPS) is 20.9. The number of hydrogen-bond acceptors (Lipinski definition) is 7. The Bertz CT molecular complexity index is 1550. The van der Waals surface area contributed by atoms with E-state index in [1.165, 1.54) is 6.92 Å². The van der Waals surface area contributed by atoms with E-state index in [-0.39, 0.29) is 34.2 Å². The third-order valence-corrected chi connectivity index (χ3v) is 7.34. The largest absolute Gasteiger partial charge is 0.477 e. The number of pyridine rings is 2. The number of carboxylic acids is 1. The van der Waals surface area contributed by atoms with Gasteiger partial charge in [0.25, 0.3) is 0 Å². The maximum atomic E-state index is 15.5. The van der Waals surface area contributed by atoms with Gasteiger partial charge in [0, 0.05) is 38.2 Å². The van der Waals surface area contributed by atoms with Gasteiger partial charge in [-0.1, -0.05) is 11.6 Å². The second-order valence-electron chi connectivity index (χ2n) is 9.18. The fourth-order valence-electron chi connectivity index (χ4n) is 5.41. The third-order valence-electron chi connectivity index (χ3n) is 6.98. The minimum Gasteiger partial charge on any atom is -0.477 e. The molecule has 0 bridgehead atoms. The highest BCUT2D eigenvalue weighted by Gasteiger charge is 2.45. The fraction of sp³-hybridized carbons (Fsp3) is 0.333. The molecule has 0 radical (unpaired) electrons. The van der Waals surface area contributed by atoms with Crippen LogP contribution < -0.4 is 16.1 Å². The van der Waals surface area contributed by atoms with Crippen molar-refractivity contribution in [1.82, 2.24) is 9.55 Å². The van der Waals surface area contributed by atoms with E-state index in [2.05, 4.69) is 4.98 Å². The first kappa shape index (κ1) is 24.9. The van der Waals surface area contributed by atoms with E-state index >= 15 is 4.39 Å². The van der Waals surface area contributed by atoms with Crippen LogP contribution in [0.15, 0.2) is 23.1 Å². The molecule has 5 rings (SSSR count). The number of fused-ring (bicyclic) bond motifs is 2. The lowest BCUT2D eigenvalue weighted by atomic mass is 9.99. The number of benzene rings is 1. The molecule has 2 aromatic heterocycles. The van der Waals surface area contributed by atoms with E-state index in [0.29, 0.717) is 25.6 Å². The zero-order valence-electron chi connectivity index (χ0n) is 19.3. The Morgan fingerprint density at radius 1 is 1.16 bits per heavy atom. The quantitative estimate of drug-likeness (QED) is 0.485. The van der Waals surface area contributed by atoms with Crippen molar-refractivity contribution in [2.45, 2.75) is 25.9 Å². The molecule has 0 unspecified atom stereocenters. The van der Waals surface area contributed by atoms with Crippen molar-refractivity contribution in [3.63, 3.8) is 0 Å². The fourth-order valence-corrected chi connectivity index (χ4v) is 5.81. The molecule has 13 heteroatoms. The predicted octanol–water partition coefficient (Wildman–Crippen LogP) is 3.51. The number of nitrogen functional groups attached to an aromatic ring is 1. The number of aromatic nitrogens is 2. The number of nitrogens with zero attached hydrogens (tertiary/aromatic N) is 3. The second-order valence-corrected chi connectivity index (χ2v) is 9.56. The third kappa shape index (κ3) is 4.05. The standard InChI is InChI=1S/C24H20ClF3N4O5/c1-9(33)37-17-3-2-10-6-31(7-12(10)17)20-14(26)4-11-19(18(20)25)32(8-13(21(11)34)24(35)36)23-16(28)5-15(27)22(29)30-23/h4-5,8,10,12,17H,2-3,6-7H2,1H3,(H2,29,30)(H,35,36)/t10-,12+,17+/m0/s1. The van der Waals surface area contributed by atoms with Crippen molar-refractivity contribution in [1.29, 1.82) is 0 Å². The molecule has 1 saturated carbocycles. The molecular weight excluding hydrogens is 517 g/mol. The molecule has 9 nitrogen and oxygen atoms in total. The molecule has 3 N–H and O–H groups in total. The number of rotatable bonds is 4. The molecular formula is C24H20ClF3N4O5. The molecule has 2 aliphatic rings. The highest BCUT2D eigenvalue weighted by atomic mass is 35.5. The lowest BCUT2D eigenvalue weighted by Crippen LogP contribution is -2.28. The first-order valence-electron chi connectivity index (χ1n) is 11.3. The van der Waals surface area contributed by atoms with Crippen molar-refractivity contribution in [3.05, 3.63) is 56.6 Å². The molecule has 2 fully saturated rings. The van der Waals surface area contributed by atoms with Crippen LogP contribution in [0.2, 0.25) is 5.02 Å². The molecule has 1 aromatic carbocycles. The number of aromatic carboxylic acids is 1. The van der Waals surface area contributed by atoms with E-state index in [1.54, 1.807) is 4.90 Å². The van der Waals surface area contributed by atoms with Crippen LogP contribution in [0.1, 0.15) is 30.1 Å². The number of carbonyl (C=O) groups excluding carboxylic acids is 1. The maximum absolute atomic E-state index is 15.5. The minimum atomic E-state index is -1.65. The molecule has 3 aromatic rings. The molecule has 1 aliphatic carbocycles. The Morgan fingerprint density at radius 2 is 1.89 bits per heavy atom. The van der Waals surface area contributed by atoms with Crippen molar-refractivity contribution >= 4 is 45.9 Å². The number of nitrogens with two attached hydrogens (primary N) is 1. The van der Waals surface area contributed by atoms with Crippen LogP contribution in [0.5, 0.6) is 0 Å². The van der Waals surface area contributed by atoms with Crippen molar-refractivity contribution in [2.75, 3.05) is 23.7 Å². The van der Waals surface area contributed by atoms with Gasteiger partial charge in [0.15, 0.2) is 23.3 Å².